The lowest BCUT2D eigenvalue weighted by molar-refractivity contribution is -0.123. The highest BCUT2D eigenvalue weighted by Crippen LogP contribution is 2.27. The molecule has 3 aromatic carbocycles. The van der Waals surface area contributed by atoms with Crippen LogP contribution in [0.5, 0.6) is 11.5 Å². The van der Waals surface area contributed by atoms with Crippen molar-refractivity contribution in [2.75, 3.05) is 13.2 Å². The van der Waals surface area contributed by atoms with Crippen LogP contribution in [-0.2, 0) is 4.79 Å². The van der Waals surface area contributed by atoms with Crippen LogP contribution in [0.15, 0.2) is 90.7 Å². The molecule has 0 fully saturated rings. The minimum absolute atomic E-state index is 0.178. The third-order valence-corrected chi connectivity index (χ3v) is 4.62. The lowest BCUT2D eigenvalue weighted by atomic mass is 10.0. The van der Waals surface area contributed by atoms with Crippen molar-refractivity contribution in [3.63, 3.8) is 0 Å². The standard InChI is InChI=1S/C25H21N3O3/c1-2-15-30-22-13-12-18-7-3-4-10-20(18)21(22)16-27-28-24(29)17-31-23-11-5-8-19-9-6-14-26-25(19)23/h2-14,16H,1,15,17H2,(H,28,29)/b27-16-. The van der Waals surface area contributed by atoms with Crippen molar-refractivity contribution in [1.29, 1.82) is 0 Å². The zero-order chi connectivity index (χ0) is 21.5. The van der Waals surface area contributed by atoms with Crippen molar-refractivity contribution in [2.45, 2.75) is 0 Å². The molecule has 0 aliphatic rings. The van der Waals surface area contributed by atoms with E-state index in [1.807, 2.05) is 60.7 Å². The van der Waals surface area contributed by atoms with Gasteiger partial charge in [0, 0.05) is 17.1 Å². The predicted octanol–water partition coefficient (Wildman–Crippen LogP) is 4.48. The number of para-hydroxylation sites is 1. The van der Waals surface area contributed by atoms with E-state index >= 15 is 0 Å². The van der Waals surface area contributed by atoms with Gasteiger partial charge in [0.2, 0.25) is 0 Å². The second-order valence-electron chi connectivity index (χ2n) is 6.71. The summed E-state index contributed by atoms with van der Waals surface area (Å²) in [4.78, 5) is 16.6. The molecule has 0 unspecified atom stereocenters. The van der Waals surface area contributed by atoms with E-state index in [1.165, 1.54) is 0 Å². The Balaban J connectivity index is 1.46. The number of carbonyl (C=O) groups is 1. The number of pyridine rings is 1. The normalized spacial score (nSPS) is 11.0. The Morgan fingerprint density at radius 2 is 1.81 bits per heavy atom. The van der Waals surface area contributed by atoms with Crippen LogP contribution in [0.3, 0.4) is 0 Å². The van der Waals surface area contributed by atoms with Gasteiger partial charge in [0.25, 0.3) is 5.91 Å². The first kappa shape index (κ1) is 20.1. The number of aromatic nitrogens is 1. The molecule has 154 valence electrons. The van der Waals surface area contributed by atoms with Crippen LogP contribution in [0.2, 0.25) is 0 Å². The zero-order valence-electron chi connectivity index (χ0n) is 16.8. The smallest absolute Gasteiger partial charge is 0.277 e. The number of ether oxygens (including phenoxy) is 2. The molecule has 0 spiro atoms. The van der Waals surface area contributed by atoms with Gasteiger partial charge in [-0.05, 0) is 29.0 Å². The van der Waals surface area contributed by atoms with E-state index < -0.39 is 0 Å². The van der Waals surface area contributed by atoms with E-state index in [-0.39, 0.29) is 12.5 Å². The Morgan fingerprint density at radius 1 is 0.968 bits per heavy atom. The number of hydrazone groups is 1. The molecule has 0 saturated carbocycles. The summed E-state index contributed by atoms with van der Waals surface area (Å²) in [7, 11) is 0. The molecule has 1 aromatic heterocycles. The highest BCUT2D eigenvalue weighted by molar-refractivity contribution is 6.02. The van der Waals surface area contributed by atoms with Crippen LogP contribution in [0.1, 0.15) is 5.56 Å². The molecular weight excluding hydrogens is 390 g/mol. The van der Waals surface area contributed by atoms with Gasteiger partial charge < -0.3 is 9.47 Å². The largest absolute Gasteiger partial charge is 0.489 e. The van der Waals surface area contributed by atoms with Crippen molar-refractivity contribution >= 4 is 33.8 Å². The minimum Gasteiger partial charge on any atom is -0.489 e. The third-order valence-electron chi connectivity index (χ3n) is 4.62. The van der Waals surface area contributed by atoms with Crippen molar-refractivity contribution < 1.29 is 14.3 Å². The number of carbonyl (C=O) groups excluding carboxylic acids is 1. The van der Waals surface area contributed by atoms with Crippen LogP contribution in [-0.4, -0.2) is 30.3 Å². The number of nitrogens with one attached hydrogen (secondary N) is 1. The van der Waals surface area contributed by atoms with Gasteiger partial charge in [-0.2, -0.15) is 5.10 Å². The topological polar surface area (TPSA) is 72.8 Å². The molecule has 1 N–H and O–H groups in total. The second-order valence-corrected chi connectivity index (χ2v) is 6.71. The molecule has 0 aliphatic heterocycles. The maximum Gasteiger partial charge on any atom is 0.277 e. The highest BCUT2D eigenvalue weighted by Gasteiger charge is 2.08. The molecule has 6 nitrogen and oxygen atoms in total. The summed E-state index contributed by atoms with van der Waals surface area (Å²) in [5.74, 6) is 0.832. The van der Waals surface area contributed by atoms with Crippen LogP contribution in [0.4, 0.5) is 0 Å². The molecule has 0 atom stereocenters. The van der Waals surface area contributed by atoms with Gasteiger partial charge in [0.05, 0.1) is 6.21 Å². The van der Waals surface area contributed by atoms with Gasteiger partial charge in [-0.25, -0.2) is 5.43 Å². The number of benzene rings is 3. The van der Waals surface area contributed by atoms with Crippen LogP contribution >= 0.6 is 0 Å². The summed E-state index contributed by atoms with van der Waals surface area (Å²) in [6.07, 6.45) is 4.95. The molecule has 0 radical (unpaired) electrons. The summed E-state index contributed by atoms with van der Waals surface area (Å²) in [5.41, 5.74) is 3.99. The maximum absolute atomic E-state index is 12.2. The van der Waals surface area contributed by atoms with Gasteiger partial charge in [-0.1, -0.05) is 61.2 Å². The molecule has 0 bridgehead atoms. The summed E-state index contributed by atoms with van der Waals surface area (Å²) in [6, 6.07) is 21.1. The predicted molar refractivity (Wildman–Crippen MR) is 123 cm³/mol. The first-order chi connectivity index (χ1) is 15.3. The third kappa shape index (κ3) is 4.70. The maximum atomic E-state index is 12.2. The summed E-state index contributed by atoms with van der Waals surface area (Å²) < 4.78 is 11.4. The van der Waals surface area contributed by atoms with Gasteiger partial charge >= 0.3 is 0 Å². The number of hydrogen-bond acceptors (Lipinski definition) is 5. The molecule has 6 heteroatoms. The van der Waals surface area contributed by atoms with Crippen molar-refractivity contribution in [3.05, 3.63) is 91.1 Å². The second kappa shape index (κ2) is 9.54. The number of nitrogens with zero attached hydrogens (tertiary/aromatic N) is 2. The van der Waals surface area contributed by atoms with E-state index in [0.717, 1.165) is 21.7 Å². The van der Waals surface area contributed by atoms with Crippen LogP contribution in [0.25, 0.3) is 21.7 Å². The van der Waals surface area contributed by atoms with Gasteiger partial charge in [-0.3, -0.25) is 9.78 Å². The number of hydrogen-bond donors (Lipinski definition) is 1. The fourth-order valence-corrected chi connectivity index (χ4v) is 3.22. The highest BCUT2D eigenvalue weighted by atomic mass is 16.5. The SMILES string of the molecule is C=CCOc1ccc2ccccc2c1/C=N\NC(=O)COc1cccc2cccnc12. The van der Waals surface area contributed by atoms with Crippen LogP contribution < -0.4 is 14.9 Å². The summed E-state index contributed by atoms with van der Waals surface area (Å²) >= 11 is 0. The van der Waals surface area contributed by atoms with Crippen LogP contribution in [0, 0.1) is 0 Å². The Kier molecular flexibility index (Phi) is 6.18. The average Bonchev–Trinajstić information content (AvgIpc) is 2.82. The summed E-state index contributed by atoms with van der Waals surface area (Å²) in [5, 5.41) is 7.08. The van der Waals surface area contributed by atoms with Crippen molar-refractivity contribution in [2.24, 2.45) is 5.10 Å². The number of amides is 1. The molecular formula is C25H21N3O3. The fourth-order valence-electron chi connectivity index (χ4n) is 3.22. The lowest BCUT2D eigenvalue weighted by Crippen LogP contribution is -2.24. The van der Waals surface area contributed by atoms with E-state index in [1.54, 1.807) is 24.6 Å². The number of fused-ring (bicyclic) bond motifs is 2. The van der Waals surface area contributed by atoms with E-state index in [9.17, 15) is 4.79 Å². The average molecular weight is 411 g/mol. The first-order valence-electron chi connectivity index (χ1n) is 9.80. The zero-order valence-corrected chi connectivity index (χ0v) is 16.8. The molecule has 4 aromatic rings. The Bertz CT molecular complexity index is 1260. The lowest BCUT2D eigenvalue weighted by Gasteiger charge is -2.10. The van der Waals surface area contributed by atoms with Crippen molar-refractivity contribution in [1.82, 2.24) is 10.4 Å². The monoisotopic (exact) mass is 411 g/mol. The molecule has 1 amide bonds. The van der Waals surface area contributed by atoms with Crippen molar-refractivity contribution in [3.8, 4) is 11.5 Å². The van der Waals surface area contributed by atoms with Gasteiger partial charge in [0.15, 0.2) is 6.61 Å². The van der Waals surface area contributed by atoms with E-state index in [4.69, 9.17) is 9.47 Å². The molecule has 1 heterocycles. The Morgan fingerprint density at radius 3 is 2.71 bits per heavy atom. The molecule has 0 aliphatic carbocycles. The van der Waals surface area contributed by atoms with Gasteiger partial charge in [0.1, 0.15) is 23.6 Å². The Hall–Kier alpha value is -4.19. The van der Waals surface area contributed by atoms with E-state index in [0.29, 0.717) is 23.6 Å². The quantitative estimate of drug-likeness (QED) is 0.264. The summed E-state index contributed by atoms with van der Waals surface area (Å²) in [6.45, 7) is 3.88. The minimum atomic E-state index is -0.377. The molecule has 4 rings (SSSR count). The molecule has 31 heavy (non-hydrogen) atoms. The first-order valence-corrected chi connectivity index (χ1v) is 9.80. The Labute approximate surface area is 179 Å². The van der Waals surface area contributed by atoms with E-state index in [2.05, 4.69) is 22.1 Å². The number of rotatable bonds is 8. The fraction of sp³-hybridized carbons (Fsp3) is 0.0800. The van der Waals surface area contributed by atoms with Gasteiger partial charge in [-0.15, -0.1) is 0 Å². The molecule has 0 saturated heterocycles.